The molecular weight excluding hydrogens is 1020 g/mol. The number of aromatic nitrogens is 2. The highest BCUT2D eigenvalue weighted by atomic mass is 32.1. The summed E-state index contributed by atoms with van der Waals surface area (Å²) in [6.45, 7) is 9.51. The van der Waals surface area contributed by atoms with Crippen molar-refractivity contribution in [3.05, 3.63) is 260 Å². The minimum absolute atomic E-state index is 0.396. The van der Waals surface area contributed by atoms with Crippen LogP contribution in [0.15, 0.2) is 247 Å². The van der Waals surface area contributed by atoms with E-state index < -0.39 is 0 Å². The summed E-state index contributed by atoms with van der Waals surface area (Å²) in [5, 5.41) is 23.4. The molecule has 0 aliphatic heterocycles. The maximum absolute atomic E-state index is 12.3. The van der Waals surface area contributed by atoms with E-state index in [9.17, 15) is 11.8 Å². The molecule has 0 aliphatic carbocycles. The average molecular weight is 1070 g/mol. The number of nitriles is 1. The van der Waals surface area contributed by atoms with E-state index in [4.69, 9.17) is 4.42 Å². The molecule has 17 aromatic rings. The summed E-state index contributed by atoms with van der Waals surface area (Å²) >= 11 is 3.59. The molecule has 0 saturated carbocycles. The highest BCUT2D eigenvalue weighted by Gasteiger charge is 2.33. The largest absolute Gasteiger partial charge is 0.455 e. The van der Waals surface area contributed by atoms with E-state index >= 15 is 0 Å². The van der Waals surface area contributed by atoms with Crippen LogP contribution in [-0.4, -0.2) is 9.13 Å². The third kappa shape index (κ3) is 6.50. The molecule has 0 bridgehead atoms. The van der Waals surface area contributed by atoms with Crippen LogP contribution in [0.4, 0.5) is 5.69 Å². The lowest BCUT2D eigenvalue weighted by atomic mass is 9.88. The first kappa shape index (κ1) is 45.5. The first-order chi connectivity index (χ1) is 40.1. The Labute approximate surface area is 471 Å². The molecule has 0 unspecified atom stereocenters. The number of hydrogen-bond acceptors (Lipinski definition) is 4. The summed E-state index contributed by atoms with van der Waals surface area (Å²) in [5.74, 6) is 0. The van der Waals surface area contributed by atoms with Crippen molar-refractivity contribution < 1.29 is 4.42 Å². The minimum atomic E-state index is 0.396. The molecule has 0 aliphatic rings. The molecule has 0 fully saturated rings. The molecule has 5 aromatic heterocycles. The molecule has 0 spiro atoms. The van der Waals surface area contributed by atoms with Gasteiger partial charge in [-0.05, 0) is 70.3 Å². The molecule has 0 saturated heterocycles. The summed E-state index contributed by atoms with van der Waals surface area (Å²) in [6, 6.07) is 88.5. The van der Waals surface area contributed by atoms with Gasteiger partial charge in [-0.3, -0.25) is 0 Å². The second kappa shape index (κ2) is 17.5. The van der Waals surface area contributed by atoms with E-state index in [0.29, 0.717) is 22.5 Å². The van der Waals surface area contributed by atoms with Crippen LogP contribution in [0.3, 0.4) is 0 Å². The summed E-state index contributed by atoms with van der Waals surface area (Å²) in [4.78, 5) is 4.63. The van der Waals surface area contributed by atoms with Crippen molar-refractivity contribution >= 4 is 134 Å². The molecule has 0 amide bonds. The molecule has 5 heterocycles. The van der Waals surface area contributed by atoms with Crippen LogP contribution in [0, 0.1) is 17.9 Å². The van der Waals surface area contributed by atoms with Crippen LogP contribution in [0.2, 0.25) is 0 Å². The Balaban J connectivity index is 1.07. The molecule has 5 nitrogen and oxygen atoms in total. The van der Waals surface area contributed by atoms with E-state index in [1.807, 2.05) is 48.5 Å². The number of thiophene rings is 2. The fourth-order valence-corrected chi connectivity index (χ4v) is 15.6. The number of para-hydroxylation sites is 3. The summed E-state index contributed by atoms with van der Waals surface area (Å²) in [5.41, 5.74) is 15.3. The lowest BCUT2D eigenvalue weighted by Gasteiger charge is -2.26. The topological polar surface area (TPSA) is 51.1 Å². The second-order valence-electron chi connectivity index (χ2n) is 20.8. The summed E-state index contributed by atoms with van der Waals surface area (Å²) < 4.78 is 16.0. The number of fused-ring (bicyclic) bond motifs is 17. The zero-order chi connectivity index (χ0) is 53.4. The smallest absolute Gasteiger partial charge is 0.220 e. The zero-order valence-electron chi connectivity index (χ0n) is 43.1. The minimum Gasteiger partial charge on any atom is -0.455 e. The fraction of sp³-hybridized carbons (Fsp3) is 0. The van der Waals surface area contributed by atoms with Crippen LogP contribution < -0.4 is 0 Å². The van der Waals surface area contributed by atoms with E-state index in [1.165, 1.54) is 20.2 Å². The SMILES string of the molecule is [C-]#[N+]c1c(-c2ccccc2)c(C#N)c(-n2c3c(ccc4c5ccccc5sc43)c3ccc4c5cc(-c6ccccc6)ccc5sc4c32)c(-c2ccccc2)c1-n1c2ccccc2c2cc(-c3cccc4c3oc3ccccc34)ccc21. The van der Waals surface area contributed by atoms with Crippen molar-refractivity contribution in [1.82, 2.24) is 9.13 Å². The van der Waals surface area contributed by atoms with Gasteiger partial charge in [0.1, 0.15) is 17.2 Å². The van der Waals surface area contributed by atoms with Gasteiger partial charge in [0.05, 0.1) is 55.0 Å². The molecule has 0 atom stereocenters. The molecule has 374 valence electrons. The van der Waals surface area contributed by atoms with Gasteiger partial charge in [-0.1, -0.05) is 200 Å². The molecular formula is C74H40N4OS2. The van der Waals surface area contributed by atoms with Crippen molar-refractivity contribution in [2.45, 2.75) is 0 Å². The molecule has 7 heteroatoms. The fourth-order valence-electron chi connectivity index (χ4n) is 13.1. The quantitative estimate of drug-likeness (QED) is 0.156. The summed E-state index contributed by atoms with van der Waals surface area (Å²) in [6.07, 6.45) is 0. The maximum Gasteiger partial charge on any atom is 0.220 e. The van der Waals surface area contributed by atoms with Crippen molar-refractivity contribution in [2.24, 2.45) is 0 Å². The molecule has 81 heavy (non-hydrogen) atoms. The monoisotopic (exact) mass is 1060 g/mol. The van der Waals surface area contributed by atoms with E-state index in [2.05, 4.69) is 214 Å². The van der Waals surface area contributed by atoms with E-state index in [1.54, 1.807) is 22.7 Å². The van der Waals surface area contributed by atoms with Gasteiger partial charge in [0, 0.05) is 80.0 Å². The standard InChI is InChI=1S/C74H40N4OS2/c1-76-67-65(44-20-7-3-8-21-44)59(42-75)68(78-69-52(34-36-55-51-26-13-16-31-63(51)80-73(55)69)53-35-37-56-58-40-46(43-18-5-2-6-19-43)33-39-64(58)81-74(56)70(53)78)66(45-22-9-4-10-23-45)71(67)77-60-29-14-11-24-49(60)57-41-47(32-38-61(57)77)48-27-17-28-54-50-25-12-15-30-62(50)79-72(48)54/h2-41H. The third-order valence-electron chi connectivity index (χ3n) is 16.6. The van der Waals surface area contributed by atoms with Crippen LogP contribution in [0.1, 0.15) is 5.56 Å². The Morgan fingerprint density at radius 3 is 1.67 bits per heavy atom. The Kier molecular flexibility index (Phi) is 9.82. The number of hydrogen-bond donors (Lipinski definition) is 0. The Morgan fingerprint density at radius 1 is 0.395 bits per heavy atom. The Morgan fingerprint density at radius 2 is 0.951 bits per heavy atom. The molecule has 17 rings (SSSR count). The van der Waals surface area contributed by atoms with E-state index in [0.717, 1.165) is 130 Å². The number of rotatable bonds is 6. The maximum atomic E-state index is 12.3. The predicted molar refractivity (Wildman–Crippen MR) is 341 cm³/mol. The van der Waals surface area contributed by atoms with Crippen molar-refractivity contribution in [3.8, 4) is 62.0 Å². The first-order valence-corrected chi connectivity index (χ1v) is 28.6. The highest BCUT2D eigenvalue weighted by molar-refractivity contribution is 7.27. The Bertz CT molecular complexity index is 5610. The number of benzene rings is 12. The normalized spacial score (nSPS) is 11.9. The van der Waals surface area contributed by atoms with Gasteiger partial charge in [-0.15, -0.1) is 22.7 Å². The van der Waals surface area contributed by atoms with Gasteiger partial charge in [0.25, 0.3) is 0 Å². The molecule has 0 radical (unpaired) electrons. The van der Waals surface area contributed by atoms with E-state index in [-0.39, 0.29) is 0 Å². The lowest BCUT2D eigenvalue weighted by molar-refractivity contribution is 0.670. The highest BCUT2D eigenvalue weighted by Crippen LogP contribution is 2.55. The third-order valence-corrected chi connectivity index (χ3v) is 19.0. The predicted octanol–water partition coefficient (Wildman–Crippen LogP) is 21.6. The van der Waals surface area contributed by atoms with Crippen LogP contribution in [0.5, 0.6) is 0 Å². The van der Waals surface area contributed by atoms with Crippen molar-refractivity contribution in [3.63, 3.8) is 0 Å². The van der Waals surface area contributed by atoms with Gasteiger partial charge in [0.15, 0.2) is 0 Å². The molecule has 0 N–H and O–H groups in total. The van der Waals surface area contributed by atoms with Gasteiger partial charge in [0.2, 0.25) is 5.69 Å². The van der Waals surface area contributed by atoms with Gasteiger partial charge in [-0.25, -0.2) is 4.85 Å². The number of nitrogens with zero attached hydrogens (tertiary/aromatic N) is 4. The average Bonchev–Trinajstić information content (AvgIpc) is 4.55. The second-order valence-corrected chi connectivity index (χ2v) is 22.9. The van der Waals surface area contributed by atoms with Crippen LogP contribution >= 0.6 is 22.7 Å². The summed E-state index contributed by atoms with van der Waals surface area (Å²) in [7, 11) is 0. The lowest BCUT2D eigenvalue weighted by Crippen LogP contribution is -2.09. The zero-order valence-corrected chi connectivity index (χ0v) is 44.7. The molecule has 12 aromatic carbocycles. The van der Waals surface area contributed by atoms with Crippen LogP contribution in [0.25, 0.3) is 167 Å². The number of furan rings is 1. The van der Waals surface area contributed by atoms with Crippen molar-refractivity contribution in [1.29, 1.82) is 5.26 Å². The van der Waals surface area contributed by atoms with Gasteiger partial charge >= 0.3 is 0 Å². The Hall–Kier alpha value is -10.5. The first-order valence-electron chi connectivity index (χ1n) is 27.0. The van der Waals surface area contributed by atoms with Crippen LogP contribution in [-0.2, 0) is 0 Å². The van der Waals surface area contributed by atoms with Gasteiger partial charge in [-0.2, -0.15) is 5.26 Å². The van der Waals surface area contributed by atoms with Gasteiger partial charge < -0.3 is 13.6 Å². The van der Waals surface area contributed by atoms with Crippen molar-refractivity contribution in [2.75, 3.05) is 0 Å².